The zero-order valence-electron chi connectivity index (χ0n) is 23.9. The van der Waals surface area contributed by atoms with Crippen LogP contribution in [0.3, 0.4) is 0 Å². The van der Waals surface area contributed by atoms with Gasteiger partial charge in [0.2, 0.25) is 0 Å². The van der Waals surface area contributed by atoms with Crippen LogP contribution in [0.15, 0.2) is 107 Å². The van der Waals surface area contributed by atoms with Crippen LogP contribution in [0.4, 0.5) is 10.5 Å². The Hall–Kier alpha value is -3.88. The van der Waals surface area contributed by atoms with Crippen LogP contribution >= 0.6 is 11.8 Å². The number of nitrogens with one attached hydrogen (secondary N) is 2. The number of nitrogens with zero attached hydrogens (tertiary/aromatic N) is 1. The number of pyridine rings is 1. The lowest BCUT2D eigenvalue weighted by atomic mass is 10.1. The Morgan fingerprint density at radius 3 is 2.20 bits per heavy atom. The SMILES string of the molecule is C=CSC(=C)S(=O)NC(=O)Nc1ccc(-n2ccc(=C/C)/c(=C\C(=C)Cc3ccccc3)c2=O)cc1.CC.CC. The number of hydrogen-bond acceptors (Lipinski definition) is 4. The number of rotatable bonds is 9. The summed E-state index contributed by atoms with van der Waals surface area (Å²) in [6.45, 7) is 21.2. The van der Waals surface area contributed by atoms with Crippen molar-refractivity contribution in [3.8, 4) is 5.69 Å². The first-order valence-electron chi connectivity index (χ1n) is 13.0. The van der Waals surface area contributed by atoms with Gasteiger partial charge in [-0.1, -0.05) is 101 Å². The average molecular weight is 578 g/mol. The van der Waals surface area contributed by atoms with Crippen LogP contribution in [0.5, 0.6) is 0 Å². The molecule has 2 N–H and O–H groups in total. The van der Waals surface area contributed by atoms with E-state index in [1.165, 1.54) is 5.41 Å². The third-order valence-electron chi connectivity index (χ3n) is 5.11. The summed E-state index contributed by atoms with van der Waals surface area (Å²) in [5.41, 5.74) is 2.89. The molecule has 0 bridgehead atoms. The Morgan fingerprint density at radius 1 is 1.00 bits per heavy atom. The van der Waals surface area contributed by atoms with Crippen LogP contribution in [0.2, 0.25) is 0 Å². The van der Waals surface area contributed by atoms with Gasteiger partial charge in [-0.05, 0) is 65.9 Å². The Kier molecular flexibility index (Phi) is 15.7. The molecular weight excluding hydrogens is 539 g/mol. The van der Waals surface area contributed by atoms with Gasteiger partial charge in [0.05, 0.1) is 4.24 Å². The number of carbonyl (C=O) groups excluding carboxylic acids is 1. The van der Waals surface area contributed by atoms with Crippen molar-refractivity contribution in [2.75, 3.05) is 5.32 Å². The van der Waals surface area contributed by atoms with Gasteiger partial charge in [0.1, 0.15) is 0 Å². The summed E-state index contributed by atoms with van der Waals surface area (Å²) in [6.07, 6.45) is 6.09. The maximum absolute atomic E-state index is 13.4. The summed E-state index contributed by atoms with van der Waals surface area (Å²) in [5, 5.41) is 5.47. The van der Waals surface area contributed by atoms with E-state index in [4.69, 9.17) is 0 Å². The second-order valence-corrected chi connectivity index (χ2v) is 10.2. The summed E-state index contributed by atoms with van der Waals surface area (Å²) in [4.78, 5) is 25.5. The van der Waals surface area contributed by atoms with Crippen molar-refractivity contribution in [2.45, 2.75) is 41.0 Å². The highest BCUT2D eigenvalue weighted by Crippen LogP contribution is 2.16. The molecule has 1 heterocycles. The molecule has 3 aromatic rings. The molecule has 0 fully saturated rings. The van der Waals surface area contributed by atoms with Gasteiger partial charge in [0.15, 0.2) is 11.0 Å². The van der Waals surface area contributed by atoms with Crippen molar-refractivity contribution in [1.29, 1.82) is 0 Å². The van der Waals surface area contributed by atoms with E-state index in [1.54, 1.807) is 35.0 Å². The summed E-state index contributed by atoms with van der Waals surface area (Å²) < 4.78 is 16.1. The predicted octanol–water partition coefficient (Wildman–Crippen LogP) is 6.40. The molecule has 0 aliphatic heterocycles. The van der Waals surface area contributed by atoms with Crippen molar-refractivity contribution in [2.24, 2.45) is 0 Å². The maximum atomic E-state index is 13.4. The van der Waals surface area contributed by atoms with Gasteiger partial charge >= 0.3 is 6.03 Å². The van der Waals surface area contributed by atoms with Crippen LogP contribution in [-0.4, -0.2) is 14.8 Å². The van der Waals surface area contributed by atoms with E-state index in [0.29, 0.717) is 23.0 Å². The number of carbonyl (C=O) groups is 1. The number of anilines is 1. The molecule has 0 spiro atoms. The van der Waals surface area contributed by atoms with Crippen molar-refractivity contribution in [1.82, 2.24) is 9.29 Å². The van der Waals surface area contributed by atoms with Gasteiger partial charge in [-0.3, -0.25) is 14.1 Å². The lowest BCUT2D eigenvalue weighted by Gasteiger charge is -2.10. The van der Waals surface area contributed by atoms with Gasteiger partial charge in [-0.25, -0.2) is 9.00 Å². The molecule has 2 amide bonds. The molecule has 212 valence electrons. The molecule has 6 nitrogen and oxygen atoms in total. The first kappa shape index (κ1) is 34.1. The highest BCUT2D eigenvalue weighted by Gasteiger charge is 2.10. The number of amides is 2. The predicted molar refractivity (Wildman–Crippen MR) is 175 cm³/mol. The van der Waals surface area contributed by atoms with Gasteiger partial charge < -0.3 is 5.32 Å². The monoisotopic (exact) mass is 577 g/mol. The fourth-order valence-electron chi connectivity index (χ4n) is 3.42. The van der Waals surface area contributed by atoms with Gasteiger partial charge in [0.25, 0.3) is 5.56 Å². The number of hydrogen-bond donors (Lipinski definition) is 2. The minimum absolute atomic E-state index is 0.174. The molecule has 3 rings (SSSR count). The zero-order chi connectivity index (χ0) is 30.1. The minimum atomic E-state index is -1.75. The topological polar surface area (TPSA) is 80.2 Å². The molecule has 0 aliphatic rings. The lowest BCUT2D eigenvalue weighted by molar-refractivity contribution is 0.257. The first-order chi connectivity index (χ1) is 19.3. The molecule has 1 atom stereocenters. The summed E-state index contributed by atoms with van der Waals surface area (Å²) >= 11 is 1.08. The summed E-state index contributed by atoms with van der Waals surface area (Å²) in [7, 11) is -1.75. The second kappa shape index (κ2) is 18.4. The van der Waals surface area contributed by atoms with Gasteiger partial charge in [0, 0.05) is 22.8 Å². The van der Waals surface area contributed by atoms with E-state index >= 15 is 0 Å². The van der Waals surface area contributed by atoms with Crippen LogP contribution in [0, 0.1) is 0 Å². The van der Waals surface area contributed by atoms with Crippen LogP contribution in [-0.2, 0) is 17.4 Å². The number of thioether (sulfide) groups is 1. The number of allylic oxidation sites excluding steroid dienone is 1. The van der Waals surface area contributed by atoms with Gasteiger partial charge in [-0.15, -0.1) is 0 Å². The smallest absolute Gasteiger partial charge is 0.307 e. The first-order valence-corrected chi connectivity index (χ1v) is 15.0. The standard InChI is InChI=1S/C28H27N3O3S2.2C2H6/c1-5-23-16-17-31(27(32)26(23)19-20(3)18-22-10-8-7-9-11-22)25-14-12-24(13-15-25)29-28(33)30-36(34)21(4)35-6-2;2*1-2/h5-17,19H,2-4,18H2,1H3,(H2,29,30,33);2*1-2H3/b23-5-,26-19+;;. The molecule has 0 radical (unpaired) electrons. The Labute approximate surface area is 244 Å². The second-order valence-electron chi connectivity index (χ2n) is 7.64. The van der Waals surface area contributed by atoms with Crippen molar-refractivity contribution < 1.29 is 9.00 Å². The molecular formula is C32H39N3O3S2. The summed E-state index contributed by atoms with van der Waals surface area (Å²) in [5.74, 6) is 0. The van der Waals surface area contributed by atoms with Crippen LogP contribution < -0.4 is 26.0 Å². The minimum Gasteiger partial charge on any atom is -0.307 e. The highest BCUT2D eigenvalue weighted by molar-refractivity contribution is 8.17. The largest absolute Gasteiger partial charge is 0.331 e. The normalized spacial score (nSPS) is 11.6. The number of urea groups is 1. The summed E-state index contributed by atoms with van der Waals surface area (Å²) in [6, 6.07) is 18.0. The quantitative estimate of drug-likeness (QED) is 0.308. The molecule has 0 saturated heterocycles. The van der Waals surface area contributed by atoms with Crippen LogP contribution in [0.25, 0.3) is 17.8 Å². The van der Waals surface area contributed by atoms with Crippen molar-refractivity contribution >= 4 is 46.6 Å². The Bertz CT molecular complexity index is 1490. The molecule has 0 aliphatic carbocycles. The van der Waals surface area contributed by atoms with Crippen LogP contribution in [0.1, 0.15) is 40.2 Å². The molecule has 40 heavy (non-hydrogen) atoms. The molecule has 0 saturated carbocycles. The average Bonchev–Trinajstić information content (AvgIpc) is 2.97. The Balaban J connectivity index is 0.00000191. The Morgan fingerprint density at radius 2 is 1.62 bits per heavy atom. The van der Waals surface area contributed by atoms with E-state index < -0.39 is 17.0 Å². The molecule has 1 unspecified atom stereocenters. The number of benzene rings is 2. The van der Waals surface area contributed by atoms with E-state index in [9.17, 15) is 13.8 Å². The van der Waals surface area contributed by atoms with Crippen molar-refractivity contribution in [3.63, 3.8) is 0 Å². The van der Waals surface area contributed by atoms with Crippen molar-refractivity contribution in [3.05, 3.63) is 128 Å². The zero-order valence-corrected chi connectivity index (χ0v) is 25.5. The molecule has 8 heteroatoms. The maximum Gasteiger partial charge on any atom is 0.331 e. The molecule has 2 aromatic carbocycles. The van der Waals surface area contributed by atoms with Gasteiger partial charge in [-0.2, -0.15) is 0 Å². The van der Waals surface area contributed by atoms with E-state index in [-0.39, 0.29) is 9.80 Å². The van der Waals surface area contributed by atoms with E-state index in [1.807, 2.05) is 83.2 Å². The third-order valence-corrected chi connectivity index (χ3v) is 7.06. The van der Waals surface area contributed by atoms with E-state index in [2.05, 4.69) is 29.8 Å². The lowest BCUT2D eigenvalue weighted by Crippen LogP contribution is -2.44. The van der Waals surface area contributed by atoms with E-state index in [0.717, 1.165) is 28.1 Å². The molecule has 1 aromatic heterocycles. The fraction of sp³-hybridized carbons (Fsp3) is 0.188. The third kappa shape index (κ3) is 10.4. The highest BCUT2D eigenvalue weighted by atomic mass is 32.2. The fourth-order valence-corrected chi connectivity index (χ4v) is 4.62. The number of aromatic nitrogens is 1.